The van der Waals surface area contributed by atoms with Gasteiger partial charge in [0.1, 0.15) is 0 Å². The van der Waals surface area contributed by atoms with Crippen molar-refractivity contribution in [2.24, 2.45) is 0 Å². The van der Waals surface area contributed by atoms with Gasteiger partial charge in [-0.3, -0.25) is 4.98 Å². The molecule has 0 radical (unpaired) electrons. The molecule has 2 rings (SSSR count). The number of aromatic carboxylic acids is 1. The summed E-state index contributed by atoms with van der Waals surface area (Å²) in [6.45, 7) is 0. The van der Waals surface area contributed by atoms with Crippen LogP contribution < -0.4 is 0 Å². The van der Waals surface area contributed by atoms with Crippen molar-refractivity contribution in [3.63, 3.8) is 0 Å². The van der Waals surface area contributed by atoms with Crippen LogP contribution in [0.3, 0.4) is 0 Å². The Hall–Kier alpha value is -1.81. The van der Waals surface area contributed by atoms with Crippen molar-refractivity contribution in [1.82, 2.24) is 4.98 Å². The summed E-state index contributed by atoms with van der Waals surface area (Å²) in [6, 6.07) is 13.5. The molecule has 4 heteroatoms. The van der Waals surface area contributed by atoms with Crippen LogP contribution in [0.2, 0.25) is 0 Å². The fraction of sp³-hybridized carbons (Fsp3) is 0.200. The minimum atomic E-state index is -0.904. The Labute approximate surface area is 116 Å². The van der Waals surface area contributed by atoms with Crippen LogP contribution in [0.1, 0.15) is 22.5 Å². The first-order valence-corrected chi connectivity index (χ1v) is 7.11. The first-order valence-electron chi connectivity index (χ1n) is 6.12. The van der Waals surface area contributed by atoms with Gasteiger partial charge in [-0.2, -0.15) is 0 Å². The summed E-state index contributed by atoms with van der Waals surface area (Å²) in [5.74, 6) is 0.0541. The van der Waals surface area contributed by atoms with E-state index in [2.05, 4.69) is 17.1 Å². The minimum Gasteiger partial charge on any atom is -0.478 e. The molecule has 0 fully saturated rings. The molecule has 0 unspecified atom stereocenters. The molecule has 0 saturated carbocycles. The second kappa shape index (κ2) is 6.95. The van der Waals surface area contributed by atoms with Gasteiger partial charge >= 0.3 is 5.97 Å². The van der Waals surface area contributed by atoms with E-state index in [1.807, 2.05) is 18.2 Å². The number of carboxylic acid groups (broad SMARTS) is 1. The van der Waals surface area contributed by atoms with E-state index in [4.69, 9.17) is 5.11 Å². The molecule has 19 heavy (non-hydrogen) atoms. The van der Waals surface area contributed by atoms with Crippen molar-refractivity contribution >= 4 is 17.7 Å². The molecule has 0 amide bonds. The van der Waals surface area contributed by atoms with Gasteiger partial charge in [0.05, 0.1) is 11.3 Å². The summed E-state index contributed by atoms with van der Waals surface area (Å²) in [4.78, 5) is 16.4. The Kier molecular flexibility index (Phi) is 4.98. The monoisotopic (exact) mass is 273 g/mol. The number of aromatic nitrogens is 1. The van der Waals surface area contributed by atoms with Crippen LogP contribution in [0.5, 0.6) is 0 Å². The number of thioether (sulfide) groups is 1. The van der Waals surface area contributed by atoms with Crippen molar-refractivity contribution in [2.45, 2.75) is 17.7 Å². The summed E-state index contributed by atoms with van der Waals surface area (Å²) in [5, 5.41) is 9.05. The van der Waals surface area contributed by atoms with Gasteiger partial charge in [-0.15, -0.1) is 11.8 Å². The third-order valence-electron chi connectivity index (χ3n) is 2.69. The predicted octanol–water partition coefficient (Wildman–Crippen LogP) is 3.50. The number of hydrogen-bond donors (Lipinski definition) is 1. The lowest BCUT2D eigenvalue weighted by Crippen LogP contribution is -2.04. The SMILES string of the molecule is O=C(O)c1cccnc1CCCSc1ccccc1. The summed E-state index contributed by atoms with van der Waals surface area (Å²) >= 11 is 1.78. The molecule has 2 aromatic rings. The zero-order valence-electron chi connectivity index (χ0n) is 10.5. The maximum absolute atomic E-state index is 11.0. The largest absolute Gasteiger partial charge is 0.478 e. The third-order valence-corrected chi connectivity index (χ3v) is 3.79. The number of aryl methyl sites for hydroxylation is 1. The molecule has 3 nitrogen and oxygen atoms in total. The Morgan fingerprint density at radius 3 is 2.68 bits per heavy atom. The molecule has 0 aliphatic rings. The highest BCUT2D eigenvalue weighted by Gasteiger charge is 2.09. The molecule has 0 atom stereocenters. The average molecular weight is 273 g/mol. The lowest BCUT2D eigenvalue weighted by Gasteiger charge is -2.04. The molecule has 0 aliphatic carbocycles. The number of rotatable bonds is 6. The maximum atomic E-state index is 11.0. The van der Waals surface area contributed by atoms with Gasteiger partial charge < -0.3 is 5.11 Å². The molecule has 0 spiro atoms. The van der Waals surface area contributed by atoms with E-state index in [0.29, 0.717) is 17.7 Å². The van der Waals surface area contributed by atoms with Crippen LogP contribution in [-0.4, -0.2) is 21.8 Å². The fourth-order valence-electron chi connectivity index (χ4n) is 1.78. The van der Waals surface area contributed by atoms with E-state index in [1.54, 1.807) is 30.1 Å². The quantitative estimate of drug-likeness (QED) is 0.646. The van der Waals surface area contributed by atoms with Crippen LogP contribution in [0.4, 0.5) is 0 Å². The first kappa shape index (κ1) is 13.6. The van der Waals surface area contributed by atoms with Crippen LogP contribution >= 0.6 is 11.8 Å². The molecule has 1 N–H and O–H groups in total. The summed E-state index contributed by atoms with van der Waals surface area (Å²) < 4.78 is 0. The first-order chi connectivity index (χ1) is 9.27. The number of benzene rings is 1. The van der Waals surface area contributed by atoms with E-state index in [1.165, 1.54) is 4.90 Å². The normalized spacial score (nSPS) is 10.3. The zero-order chi connectivity index (χ0) is 13.5. The van der Waals surface area contributed by atoms with E-state index in [-0.39, 0.29) is 0 Å². The second-order valence-corrected chi connectivity index (χ2v) is 5.24. The molecule has 98 valence electrons. The standard InChI is InChI=1S/C15H15NO2S/c17-15(18)13-8-4-10-16-14(13)9-5-11-19-12-6-2-1-3-7-12/h1-4,6-8,10H,5,9,11H2,(H,17,18). The lowest BCUT2D eigenvalue weighted by molar-refractivity contribution is 0.0695. The third kappa shape index (κ3) is 4.10. The molecule has 1 aromatic heterocycles. The van der Waals surface area contributed by atoms with Gasteiger partial charge in [0.25, 0.3) is 0 Å². The van der Waals surface area contributed by atoms with Gasteiger partial charge in [0.15, 0.2) is 0 Å². The maximum Gasteiger partial charge on any atom is 0.337 e. The number of pyridine rings is 1. The van der Waals surface area contributed by atoms with Gasteiger partial charge in [0, 0.05) is 11.1 Å². The average Bonchev–Trinajstić information content (AvgIpc) is 2.45. The Bertz CT molecular complexity index is 543. The summed E-state index contributed by atoms with van der Waals surface area (Å²) in [6.07, 6.45) is 3.26. The molecule has 0 aliphatic heterocycles. The van der Waals surface area contributed by atoms with Crippen molar-refractivity contribution < 1.29 is 9.90 Å². The number of nitrogens with zero attached hydrogens (tertiary/aromatic N) is 1. The van der Waals surface area contributed by atoms with Gasteiger partial charge in [-0.05, 0) is 42.9 Å². The zero-order valence-corrected chi connectivity index (χ0v) is 11.3. The lowest BCUT2D eigenvalue weighted by atomic mass is 10.1. The fourth-order valence-corrected chi connectivity index (χ4v) is 2.65. The summed E-state index contributed by atoms with van der Waals surface area (Å²) in [7, 11) is 0. The molecular weight excluding hydrogens is 258 g/mol. The van der Waals surface area contributed by atoms with Crippen LogP contribution in [0.25, 0.3) is 0 Å². The molecule has 1 aromatic carbocycles. The Balaban J connectivity index is 1.85. The topological polar surface area (TPSA) is 50.2 Å². The van der Waals surface area contributed by atoms with Crippen molar-refractivity contribution in [2.75, 3.05) is 5.75 Å². The van der Waals surface area contributed by atoms with Crippen molar-refractivity contribution in [1.29, 1.82) is 0 Å². The molecule has 0 bridgehead atoms. The Morgan fingerprint density at radius 1 is 1.16 bits per heavy atom. The minimum absolute atomic E-state index is 0.312. The molecule has 1 heterocycles. The highest BCUT2D eigenvalue weighted by atomic mass is 32.2. The summed E-state index contributed by atoms with van der Waals surface area (Å²) in [5.41, 5.74) is 0.982. The van der Waals surface area contributed by atoms with E-state index >= 15 is 0 Å². The highest BCUT2D eigenvalue weighted by Crippen LogP contribution is 2.19. The number of carboxylic acids is 1. The van der Waals surface area contributed by atoms with E-state index < -0.39 is 5.97 Å². The predicted molar refractivity (Wildman–Crippen MR) is 76.7 cm³/mol. The van der Waals surface area contributed by atoms with Gasteiger partial charge in [0.2, 0.25) is 0 Å². The van der Waals surface area contributed by atoms with Crippen LogP contribution in [-0.2, 0) is 6.42 Å². The highest BCUT2D eigenvalue weighted by molar-refractivity contribution is 7.99. The van der Waals surface area contributed by atoms with Crippen LogP contribution in [0.15, 0.2) is 53.6 Å². The number of hydrogen-bond acceptors (Lipinski definition) is 3. The smallest absolute Gasteiger partial charge is 0.337 e. The number of carbonyl (C=O) groups is 1. The second-order valence-electron chi connectivity index (χ2n) is 4.07. The van der Waals surface area contributed by atoms with Crippen LogP contribution in [0, 0.1) is 0 Å². The van der Waals surface area contributed by atoms with Gasteiger partial charge in [-0.25, -0.2) is 4.79 Å². The van der Waals surface area contributed by atoms with Crippen molar-refractivity contribution in [3.05, 3.63) is 59.9 Å². The van der Waals surface area contributed by atoms with Crippen molar-refractivity contribution in [3.8, 4) is 0 Å². The molecule has 0 saturated heterocycles. The van der Waals surface area contributed by atoms with E-state index in [0.717, 1.165) is 12.2 Å². The Morgan fingerprint density at radius 2 is 1.95 bits per heavy atom. The molecular formula is C15H15NO2S. The van der Waals surface area contributed by atoms with Gasteiger partial charge in [-0.1, -0.05) is 18.2 Å². The van der Waals surface area contributed by atoms with E-state index in [9.17, 15) is 4.79 Å².